The van der Waals surface area contributed by atoms with Gasteiger partial charge in [0.05, 0.1) is 0 Å². The van der Waals surface area contributed by atoms with E-state index in [0.29, 0.717) is 13.2 Å². The van der Waals surface area contributed by atoms with Crippen molar-refractivity contribution in [2.24, 2.45) is 0 Å². The highest BCUT2D eigenvalue weighted by atomic mass is 16.7. The molecular formula is C5H6O3. The average Bonchev–Trinajstić information content (AvgIpc) is 1.77. The second-order valence-corrected chi connectivity index (χ2v) is 1.58. The first-order valence-electron chi connectivity index (χ1n) is 2.25. The monoisotopic (exact) mass is 114 g/mol. The number of ether oxygens (including phenoxy) is 2. The molecule has 0 saturated carbocycles. The summed E-state index contributed by atoms with van der Waals surface area (Å²) in [5, 5.41) is 0. The quantitative estimate of drug-likeness (QED) is 0.343. The molecule has 0 amide bonds. The third kappa shape index (κ3) is 0.992. The zero-order valence-corrected chi connectivity index (χ0v) is 4.35. The zero-order chi connectivity index (χ0) is 5.98. The van der Waals surface area contributed by atoms with Gasteiger partial charge in [-0.15, -0.1) is 0 Å². The highest BCUT2D eigenvalue weighted by molar-refractivity contribution is 5.61. The van der Waals surface area contributed by atoms with E-state index in [4.69, 9.17) is 0 Å². The lowest BCUT2D eigenvalue weighted by Crippen LogP contribution is -2.19. The Morgan fingerprint density at radius 1 is 1.38 bits per heavy atom. The minimum atomic E-state index is -0.600. The number of hydrogen-bond donors (Lipinski definition) is 0. The zero-order valence-electron chi connectivity index (χ0n) is 4.35. The van der Waals surface area contributed by atoms with Gasteiger partial charge in [0.25, 0.3) is 0 Å². The Labute approximate surface area is 46.9 Å². The van der Waals surface area contributed by atoms with E-state index in [2.05, 4.69) is 16.1 Å². The molecule has 0 unspecified atom stereocenters. The summed E-state index contributed by atoms with van der Waals surface area (Å²) >= 11 is 0. The van der Waals surface area contributed by atoms with E-state index in [1.165, 1.54) is 0 Å². The summed E-state index contributed by atoms with van der Waals surface area (Å²) in [5.74, 6) is 0. The molecule has 0 atom stereocenters. The average molecular weight is 114 g/mol. The lowest BCUT2D eigenvalue weighted by Gasteiger charge is -2.12. The van der Waals surface area contributed by atoms with Crippen LogP contribution in [0.3, 0.4) is 0 Å². The molecular weight excluding hydrogens is 108 g/mol. The van der Waals surface area contributed by atoms with Gasteiger partial charge in [-0.3, -0.25) is 0 Å². The van der Waals surface area contributed by atoms with Crippen LogP contribution in [-0.4, -0.2) is 19.4 Å². The number of cyclic esters (lactones) is 2. The van der Waals surface area contributed by atoms with E-state index >= 15 is 0 Å². The van der Waals surface area contributed by atoms with Gasteiger partial charge in [0.1, 0.15) is 13.2 Å². The van der Waals surface area contributed by atoms with Gasteiger partial charge < -0.3 is 9.47 Å². The van der Waals surface area contributed by atoms with Gasteiger partial charge in [0.15, 0.2) is 0 Å². The molecule has 1 heterocycles. The lowest BCUT2D eigenvalue weighted by atomic mass is 10.3. The molecule has 0 aliphatic carbocycles. The van der Waals surface area contributed by atoms with E-state index in [0.717, 1.165) is 5.57 Å². The van der Waals surface area contributed by atoms with Crippen molar-refractivity contribution in [2.75, 3.05) is 13.2 Å². The minimum Gasteiger partial charge on any atom is -0.430 e. The van der Waals surface area contributed by atoms with Crippen LogP contribution in [0.15, 0.2) is 12.2 Å². The number of hydrogen-bond acceptors (Lipinski definition) is 3. The molecule has 1 fully saturated rings. The molecule has 0 aromatic heterocycles. The molecule has 0 radical (unpaired) electrons. The van der Waals surface area contributed by atoms with Crippen LogP contribution in [0.25, 0.3) is 0 Å². The summed E-state index contributed by atoms with van der Waals surface area (Å²) in [5.41, 5.74) is 0.796. The molecule has 0 aromatic carbocycles. The van der Waals surface area contributed by atoms with Gasteiger partial charge in [0, 0.05) is 0 Å². The van der Waals surface area contributed by atoms with Gasteiger partial charge in [-0.2, -0.15) is 0 Å². The summed E-state index contributed by atoms with van der Waals surface area (Å²) in [6, 6.07) is 0. The topological polar surface area (TPSA) is 35.5 Å². The fraction of sp³-hybridized carbons (Fsp3) is 0.400. The van der Waals surface area contributed by atoms with Gasteiger partial charge >= 0.3 is 6.16 Å². The van der Waals surface area contributed by atoms with Crippen molar-refractivity contribution in [2.45, 2.75) is 0 Å². The smallest absolute Gasteiger partial charge is 0.430 e. The van der Waals surface area contributed by atoms with E-state index in [1.807, 2.05) is 0 Å². The molecule has 44 valence electrons. The van der Waals surface area contributed by atoms with Crippen molar-refractivity contribution >= 4 is 6.16 Å². The van der Waals surface area contributed by atoms with Gasteiger partial charge in [-0.25, -0.2) is 4.79 Å². The summed E-state index contributed by atoms with van der Waals surface area (Å²) < 4.78 is 8.86. The third-order valence-corrected chi connectivity index (χ3v) is 0.788. The molecule has 3 heteroatoms. The molecule has 0 aromatic rings. The van der Waals surface area contributed by atoms with E-state index < -0.39 is 6.16 Å². The molecule has 1 rings (SSSR count). The van der Waals surface area contributed by atoms with Crippen LogP contribution < -0.4 is 0 Å². The highest BCUT2D eigenvalue weighted by Crippen LogP contribution is 2.01. The third-order valence-electron chi connectivity index (χ3n) is 0.788. The van der Waals surface area contributed by atoms with Gasteiger partial charge in [-0.05, 0) is 5.57 Å². The Kier molecular flexibility index (Phi) is 1.20. The number of carbonyl (C=O) groups excluding carboxylic acids is 1. The lowest BCUT2D eigenvalue weighted by molar-refractivity contribution is 0.0440. The fourth-order valence-electron chi connectivity index (χ4n) is 0.405. The molecule has 1 aliphatic rings. The van der Waals surface area contributed by atoms with Crippen LogP contribution in [0.2, 0.25) is 0 Å². The molecule has 1 saturated heterocycles. The van der Waals surface area contributed by atoms with Crippen molar-refractivity contribution in [1.82, 2.24) is 0 Å². The Morgan fingerprint density at radius 2 is 1.88 bits per heavy atom. The Balaban J connectivity index is 2.40. The van der Waals surface area contributed by atoms with Crippen molar-refractivity contribution in [3.8, 4) is 0 Å². The number of rotatable bonds is 0. The minimum absolute atomic E-state index is 0.304. The summed E-state index contributed by atoms with van der Waals surface area (Å²) in [6.07, 6.45) is -0.600. The van der Waals surface area contributed by atoms with Crippen LogP contribution in [0.1, 0.15) is 0 Å². The van der Waals surface area contributed by atoms with Crippen molar-refractivity contribution in [3.05, 3.63) is 12.2 Å². The SMILES string of the molecule is C=C1COC(=O)OC1. The maximum Gasteiger partial charge on any atom is 0.508 e. The summed E-state index contributed by atoms with van der Waals surface area (Å²) in [7, 11) is 0. The fourth-order valence-corrected chi connectivity index (χ4v) is 0.405. The Morgan fingerprint density at radius 3 is 2.25 bits per heavy atom. The van der Waals surface area contributed by atoms with Gasteiger partial charge in [-0.1, -0.05) is 6.58 Å². The van der Waals surface area contributed by atoms with Crippen LogP contribution >= 0.6 is 0 Å². The summed E-state index contributed by atoms with van der Waals surface area (Å²) in [4.78, 5) is 10.1. The standard InChI is InChI=1S/C5H6O3/c1-4-2-7-5(6)8-3-4/h1-3H2. The summed E-state index contributed by atoms with van der Waals surface area (Å²) in [6.45, 7) is 4.16. The normalized spacial score (nSPS) is 19.5. The first-order valence-corrected chi connectivity index (χ1v) is 2.25. The maximum absolute atomic E-state index is 10.1. The van der Waals surface area contributed by atoms with Crippen molar-refractivity contribution < 1.29 is 14.3 Å². The molecule has 0 spiro atoms. The van der Waals surface area contributed by atoms with Gasteiger partial charge in [0.2, 0.25) is 0 Å². The molecule has 0 bridgehead atoms. The van der Waals surface area contributed by atoms with Crippen LogP contribution in [0, 0.1) is 0 Å². The molecule has 0 N–H and O–H groups in total. The van der Waals surface area contributed by atoms with Crippen LogP contribution in [-0.2, 0) is 9.47 Å². The van der Waals surface area contributed by atoms with Crippen LogP contribution in [0.5, 0.6) is 0 Å². The predicted octanol–water partition coefficient (Wildman–Crippen LogP) is 0.709. The first-order chi connectivity index (χ1) is 3.79. The molecule has 8 heavy (non-hydrogen) atoms. The van der Waals surface area contributed by atoms with Crippen molar-refractivity contribution in [1.29, 1.82) is 0 Å². The molecule has 3 nitrogen and oxygen atoms in total. The maximum atomic E-state index is 10.1. The first kappa shape index (κ1) is 5.15. The van der Waals surface area contributed by atoms with Crippen molar-refractivity contribution in [3.63, 3.8) is 0 Å². The van der Waals surface area contributed by atoms with E-state index in [9.17, 15) is 4.79 Å². The Hall–Kier alpha value is -0.990. The van der Waals surface area contributed by atoms with Crippen LogP contribution in [0.4, 0.5) is 4.79 Å². The second-order valence-electron chi connectivity index (χ2n) is 1.58. The Bertz CT molecular complexity index is 99.6. The molecule has 1 aliphatic heterocycles. The van der Waals surface area contributed by atoms with E-state index in [-0.39, 0.29) is 0 Å². The largest absolute Gasteiger partial charge is 0.508 e. The highest BCUT2D eigenvalue weighted by Gasteiger charge is 2.11. The van der Waals surface area contributed by atoms with E-state index in [1.54, 1.807) is 0 Å². The predicted molar refractivity (Wildman–Crippen MR) is 26.4 cm³/mol. The number of carbonyl (C=O) groups is 1. The second kappa shape index (κ2) is 1.86.